The Labute approximate surface area is 190 Å². The van der Waals surface area contributed by atoms with Gasteiger partial charge in [0.05, 0.1) is 10.5 Å². The second kappa shape index (κ2) is 9.10. The van der Waals surface area contributed by atoms with Crippen molar-refractivity contribution in [3.8, 4) is 0 Å². The van der Waals surface area contributed by atoms with Crippen LogP contribution in [0.5, 0.6) is 0 Å². The molecule has 174 valence electrons. The third-order valence-corrected chi connectivity index (χ3v) is 8.36. The average molecular weight is 461 g/mol. The molecule has 3 atom stereocenters. The molecule has 2 heterocycles. The number of carbonyl (C=O) groups is 1. The van der Waals surface area contributed by atoms with Gasteiger partial charge < -0.3 is 4.90 Å². The molecule has 2 saturated heterocycles. The number of sulfone groups is 1. The number of hydrogen-bond donors (Lipinski definition) is 0. The van der Waals surface area contributed by atoms with Gasteiger partial charge in [-0.15, -0.1) is 0 Å². The lowest BCUT2D eigenvalue weighted by molar-refractivity contribution is -0.129. The number of benzene rings is 1. The Balaban J connectivity index is 1.54. The van der Waals surface area contributed by atoms with E-state index in [-0.39, 0.29) is 28.3 Å². The van der Waals surface area contributed by atoms with Crippen LogP contribution in [0.15, 0.2) is 46.6 Å². The van der Waals surface area contributed by atoms with E-state index in [0.717, 1.165) is 37.1 Å². The van der Waals surface area contributed by atoms with Crippen LogP contribution in [0.2, 0.25) is 0 Å². The van der Waals surface area contributed by atoms with Crippen molar-refractivity contribution in [2.45, 2.75) is 62.9 Å². The lowest BCUT2D eigenvalue weighted by Gasteiger charge is -2.33. The number of rotatable bonds is 5. The molecular weight excluding hydrogens is 427 g/mol. The molecule has 1 aromatic carbocycles. The Hall–Kier alpha value is -1.99. The second-order valence-corrected chi connectivity index (χ2v) is 11.6. The van der Waals surface area contributed by atoms with Crippen LogP contribution >= 0.6 is 0 Å². The Morgan fingerprint density at radius 1 is 1.09 bits per heavy atom. The van der Waals surface area contributed by atoms with Crippen molar-refractivity contribution in [1.82, 2.24) is 9.80 Å². The first-order chi connectivity index (χ1) is 15.1. The fourth-order valence-corrected chi connectivity index (χ4v) is 6.00. The van der Waals surface area contributed by atoms with E-state index < -0.39 is 15.7 Å². The van der Waals surface area contributed by atoms with Crippen LogP contribution in [0.3, 0.4) is 0 Å². The van der Waals surface area contributed by atoms with Crippen LogP contribution in [-0.4, -0.2) is 62.1 Å². The normalized spacial score (nSPS) is 27.2. The quantitative estimate of drug-likeness (QED) is 0.661. The molecule has 32 heavy (non-hydrogen) atoms. The number of amides is 1. The lowest BCUT2D eigenvalue weighted by Crippen LogP contribution is -2.45. The summed E-state index contributed by atoms with van der Waals surface area (Å²) in [5, 5.41) is 0. The number of nitrogens with zero attached hydrogens (tertiary/aromatic N) is 2. The summed E-state index contributed by atoms with van der Waals surface area (Å²) in [6.45, 7) is 6.80. The summed E-state index contributed by atoms with van der Waals surface area (Å²) in [6, 6.07) is 7.23. The molecule has 2 fully saturated rings. The van der Waals surface area contributed by atoms with Crippen molar-refractivity contribution in [1.29, 1.82) is 0 Å². The molecule has 0 aromatic heterocycles. The molecule has 1 aliphatic carbocycles. The van der Waals surface area contributed by atoms with E-state index in [9.17, 15) is 13.2 Å². The molecule has 3 aliphatic rings. The fraction of sp³-hybridized carbons (Fsp3) is 0.560. The Morgan fingerprint density at radius 3 is 2.38 bits per heavy atom. The minimum atomic E-state index is -3.28. The van der Waals surface area contributed by atoms with Gasteiger partial charge in [0.2, 0.25) is 0 Å². The van der Waals surface area contributed by atoms with Gasteiger partial charge in [-0.1, -0.05) is 19.1 Å². The molecule has 0 saturated carbocycles. The van der Waals surface area contributed by atoms with Gasteiger partial charge in [0.15, 0.2) is 9.84 Å². The van der Waals surface area contributed by atoms with Crippen molar-refractivity contribution in [3.05, 3.63) is 47.3 Å². The van der Waals surface area contributed by atoms with Crippen molar-refractivity contribution in [3.63, 3.8) is 0 Å². The zero-order valence-electron chi connectivity index (χ0n) is 19.2. The van der Waals surface area contributed by atoms with Gasteiger partial charge in [-0.3, -0.25) is 9.69 Å². The van der Waals surface area contributed by atoms with Gasteiger partial charge in [-0.05, 0) is 80.8 Å². The zero-order chi connectivity index (χ0) is 23.0. The lowest BCUT2D eigenvalue weighted by atomic mass is 9.84. The molecule has 3 unspecified atom stereocenters. The van der Waals surface area contributed by atoms with Crippen LogP contribution in [-0.2, 0) is 14.6 Å². The first-order valence-electron chi connectivity index (χ1n) is 11.6. The Kier molecular flexibility index (Phi) is 6.59. The third kappa shape index (κ3) is 4.69. The maximum Gasteiger partial charge on any atom is 0.253 e. The number of allylic oxidation sites excluding steroid dienone is 3. The number of halogens is 1. The van der Waals surface area contributed by atoms with Gasteiger partial charge in [-0.2, -0.15) is 0 Å². The standard InChI is InChI=1S/C25H33FN2O3S/c1-17-14-20(19-8-10-22(11-9-19)32(3,30)31)15-23(26)24(17)25(29)28-13-5-7-21(28)16-27-12-4-6-18(27)2/h8-11,15,17-18,21H,4-7,12-14,16H2,1-3H3. The van der Waals surface area contributed by atoms with E-state index >= 15 is 4.39 Å². The Bertz CT molecular complexity index is 1050. The minimum absolute atomic E-state index is 0.157. The van der Waals surface area contributed by atoms with E-state index in [1.54, 1.807) is 24.3 Å². The highest BCUT2D eigenvalue weighted by Gasteiger charge is 2.37. The van der Waals surface area contributed by atoms with Gasteiger partial charge >= 0.3 is 0 Å². The summed E-state index contributed by atoms with van der Waals surface area (Å²) in [4.78, 5) is 18.0. The maximum atomic E-state index is 15.3. The summed E-state index contributed by atoms with van der Waals surface area (Å²) in [6.07, 6.45) is 7.53. The topological polar surface area (TPSA) is 57.7 Å². The highest BCUT2D eigenvalue weighted by atomic mass is 32.2. The summed E-state index contributed by atoms with van der Waals surface area (Å²) < 4.78 is 38.6. The fourth-order valence-electron chi connectivity index (χ4n) is 5.37. The molecule has 2 aliphatic heterocycles. The van der Waals surface area contributed by atoms with Gasteiger partial charge in [0, 0.05) is 31.4 Å². The van der Waals surface area contributed by atoms with Gasteiger partial charge in [0.1, 0.15) is 5.83 Å². The number of likely N-dealkylation sites (tertiary alicyclic amines) is 2. The molecule has 5 nitrogen and oxygen atoms in total. The predicted molar refractivity (Wildman–Crippen MR) is 124 cm³/mol. The monoisotopic (exact) mass is 460 g/mol. The van der Waals surface area contributed by atoms with Crippen LogP contribution in [0.4, 0.5) is 4.39 Å². The Morgan fingerprint density at radius 2 is 1.78 bits per heavy atom. The molecule has 4 rings (SSSR count). The van der Waals surface area contributed by atoms with E-state index in [0.29, 0.717) is 19.0 Å². The smallest absolute Gasteiger partial charge is 0.253 e. The zero-order valence-corrected chi connectivity index (χ0v) is 20.0. The van der Waals surface area contributed by atoms with Crippen molar-refractivity contribution < 1.29 is 17.6 Å². The first-order valence-corrected chi connectivity index (χ1v) is 13.5. The van der Waals surface area contributed by atoms with Crippen LogP contribution in [0, 0.1) is 5.92 Å². The average Bonchev–Trinajstić information content (AvgIpc) is 3.36. The van der Waals surface area contributed by atoms with E-state index in [1.165, 1.54) is 25.2 Å². The van der Waals surface area contributed by atoms with E-state index in [2.05, 4.69) is 11.8 Å². The minimum Gasteiger partial charge on any atom is -0.335 e. The van der Waals surface area contributed by atoms with E-state index in [4.69, 9.17) is 0 Å². The highest BCUT2D eigenvalue weighted by Crippen LogP contribution is 2.37. The molecule has 0 radical (unpaired) electrons. The molecule has 1 aromatic rings. The van der Waals surface area contributed by atoms with Crippen LogP contribution < -0.4 is 0 Å². The summed E-state index contributed by atoms with van der Waals surface area (Å²) in [7, 11) is -3.28. The van der Waals surface area contributed by atoms with Crippen LogP contribution in [0.1, 0.15) is 51.5 Å². The molecule has 0 spiro atoms. The SMILES string of the molecule is CC1CC(c2ccc(S(C)(=O)=O)cc2)=CC(F)=C1C(=O)N1CCCC1CN1CCCC1C. The molecule has 0 N–H and O–H groups in total. The third-order valence-electron chi connectivity index (χ3n) is 7.23. The molecule has 1 amide bonds. The number of hydrogen-bond acceptors (Lipinski definition) is 4. The number of carbonyl (C=O) groups excluding carboxylic acids is 1. The summed E-state index contributed by atoms with van der Waals surface area (Å²) in [5.41, 5.74) is 1.85. The first kappa shape index (κ1) is 23.2. The second-order valence-electron chi connectivity index (χ2n) is 9.61. The summed E-state index contributed by atoms with van der Waals surface area (Å²) >= 11 is 0. The van der Waals surface area contributed by atoms with Crippen LogP contribution in [0.25, 0.3) is 5.57 Å². The largest absolute Gasteiger partial charge is 0.335 e. The molecular formula is C25H33FN2O3S. The molecule has 0 bridgehead atoms. The van der Waals surface area contributed by atoms with Crippen molar-refractivity contribution >= 4 is 21.3 Å². The molecule has 7 heteroatoms. The summed E-state index contributed by atoms with van der Waals surface area (Å²) in [5.74, 6) is -0.854. The maximum absolute atomic E-state index is 15.3. The van der Waals surface area contributed by atoms with Crippen molar-refractivity contribution in [2.75, 3.05) is 25.9 Å². The highest BCUT2D eigenvalue weighted by molar-refractivity contribution is 7.90. The predicted octanol–water partition coefficient (Wildman–Crippen LogP) is 4.21. The van der Waals surface area contributed by atoms with Gasteiger partial charge in [0.25, 0.3) is 5.91 Å². The van der Waals surface area contributed by atoms with Crippen molar-refractivity contribution in [2.24, 2.45) is 5.92 Å². The van der Waals surface area contributed by atoms with Gasteiger partial charge in [-0.25, -0.2) is 12.8 Å². The van der Waals surface area contributed by atoms with E-state index in [1.807, 2.05) is 11.8 Å².